The zero-order chi connectivity index (χ0) is 18.8. The topological polar surface area (TPSA) is 93.7 Å². The first kappa shape index (κ1) is 20.5. The van der Waals surface area contributed by atoms with Gasteiger partial charge in [0.15, 0.2) is 0 Å². The van der Waals surface area contributed by atoms with E-state index in [-0.39, 0.29) is 12.5 Å². The van der Waals surface area contributed by atoms with Crippen molar-refractivity contribution in [3.05, 3.63) is 35.9 Å². The third kappa shape index (κ3) is 7.69. The van der Waals surface area contributed by atoms with Gasteiger partial charge in [-0.15, -0.1) is 0 Å². The summed E-state index contributed by atoms with van der Waals surface area (Å²) >= 11 is 0. The van der Waals surface area contributed by atoms with E-state index in [1.54, 1.807) is 0 Å². The number of amides is 2. The van der Waals surface area contributed by atoms with Crippen LogP contribution in [0, 0.1) is 5.92 Å². The average molecular weight is 350 g/mol. The van der Waals surface area contributed by atoms with E-state index < -0.39 is 30.1 Å². The molecule has 0 aliphatic rings. The molecule has 0 bridgehead atoms. The first-order valence-corrected chi connectivity index (χ1v) is 8.19. The van der Waals surface area contributed by atoms with Crippen LogP contribution in [-0.4, -0.2) is 37.2 Å². The highest BCUT2D eigenvalue weighted by molar-refractivity contribution is 5.89. The molecule has 7 heteroatoms. The van der Waals surface area contributed by atoms with E-state index in [9.17, 15) is 14.4 Å². The van der Waals surface area contributed by atoms with Gasteiger partial charge in [-0.05, 0) is 24.8 Å². The number of esters is 1. The highest BCUT2D eigenvalue weighted by Crippen LogP contribution is 2.07. The zero-order valence-electron chi connectivity index (χ0n) is 15.1. The first-order valence-electron chi connectivity index (χ1n) is 8.19. The number of hydrogen-bond donors (Lipinski definition) is 2. The molecule has 7 nitrogen and oxygen atoms in total. The Labute approximate surface area is 148 Å². The van der Waals surface area contributed by atoms with Gasteiger partial charge >= 0.3 is 12.1 Å². The molecular weight excluding hydrogens is 324 g/mol. The Morgan fingerprint density at radius 1 is 1.04 bits per heavy atom. The maximum atomic E-state index is 12.2. The maximum absolute atomic E-state index is 12.2. The average Bonchev–Trinajstić information content (AvgIpc) is 2.59. The van der Waals surface area contributed by atoms with E-state index in [1.807, 2.05) is 44.2 Å². The van der Waals surface area contributed by atoms with Crippen molar-refractivity contribution in [2.24, 2.45) is 5.92 Å². The van der Waals surface area contributed by atoms with Crippen LogP contribution < -0.4 is 10.6 Å². The molecule has 2 N–H and O–H groups in total. The van der Waals surface area contributed by atoms with Crippen molar-refractivity contribution in [2.75, 3.05) is 7.11 Å². The lowest BCUT2D eigenvalue weighted by atomic mass is 10.0. The highest BCUT2D eigenvalue weighted by Gasteiger charge is 2.25. The molecule has 0 spiro atoms. The molecule has 0 heterocycles. The smallest absolute Gasteiger partial charge is 0.408 e. The number of carbonyl (C=O) groups is 3. The van der Waals surface area contributed by atoms with Crippen LogP contribution in [0.15, 0.2) is 30.3 Å². The van der Waals surface area contributed by atoms with E-state index in [0.717, 1.165) is 5.56 Å². The minimum absolute atomic E-state index is 0.110. The standard InChI is InChI=1S/C18H26N2O5/c1-12(2)10-15(17(22)24-4)20-16(21)13(3)19-18(23)25-11-14-8-6-5-7-9-14/h5-9,12-13,15H,10-11H2,1-4H3,(H,19,23)(H,20,21)/t13-,15+/m0/s1. The molecule has 138 valence electrons. The third-order valence-electron chi connectivity index (χ3n) is 3.45. The fourth-order valence-electron chi connectivity index (χ4n) is 2.13. The van der Waals surface area contributed by atoms with Crippen LogP contribution in [0.5, 0.6) is 0 Å². The summed E-state index contributed by atoms with van der Waals surface area (Å²) in [4.78, 5) is 35.7. The van der Waals surface area contributed by atoms with Gasteiger partial charge < -0.3 is 20.1 Å². The molecule has 0 aromatic heterocycles. The summed E-state index contributed by atoms with van der Waals surface area (Å²) in [7, 11) is 1.27. The van der Waals surface area contributed by atoms with E-state index in [4.69, 9.17) is 9.47 Å². The second-order valence-electron chi connectivity index (χ2n) is 6.14. The van der Waals surface area contributed by atoms with Gasteiger partial charge in [0.1, 0.15) is 18.7 Å². The van der Waals surface area contributed by atoms with Crippen LogP contribution in [-0.2, 0) is 25.7 Å². The summed E-state index contributed by atoms with van der Waals surface area (Å²) in [5, 5.41) is 5.03. The predicted octanol–water partition coefficient (Wildman–Crippen LogP) is 2.01. The quantitative estimate of drug-likeness (QED) is 0.700. The second kappa shape index (κ2) is 10.3. The molecule has 1 rings (SSSR count). The minimum Gasteiger partial charge on any atom is -0.467 e. The van der Waals surface area contributed by atoms with Crippen LogP contribution in [0.3, 0.4) is 0 Å². The van der Waals surface area contributed by atoms with Gasteiger partial charge in [-0.1, -0.05) is 44.2 Å². The summed E-state index contributed by atoms with van der Waals surface area (Å²) in [6.45, 7) is 5.50. The number of carbonyl (C=O) groups excluding carboxylic acids is 3. The van der Waals surface area contributed by atoms with Crippen LogP contribution in [0.25, 0.3) is 0 Å². The molecule has 25 heavy (non-hydrogen) atoms. The molecule has 0 saturated heterocycles. The summed E-state index contributed by atoms with van der Waals surface area (Å²) in [6, 6.07) is 7.62. The summed E-state index contributed by atoms with van der Waals surface area (Å²) in [6.07, 6.45) is -0.256. The molecule has 1 aromatic carbocycles. The second-order valence-corrected chi connectivity index (χ2v) is 6.14. The van der Waals surface area contributed by atoms with Gasteiger partial charge in [0.25, 0.3) is 0 Å². The Hall–Kier alpha value is -2.57. The minimum atomic E-state index is -0.845. The van der Waals surface area contributed by atoms with Gasteiger partial charge in [0, 0.05) is 0 Å². The van der Waals surface area contributed by atoms with Crippen molar-refractivity contribution >= 4 is 18.0 Å². The van der Waals surface area contributed by atoms with Gasteiger partial charge in [-0.3, -0.25) is 4.79 Å². The normalized spacial score (nSPS) is 12.8. The number of ether oxygens (including phenoxy) is 2. The van der Waals surface area contributed by atoms with Gasteiger partial charge in [-0.2, -0.15) is 0 Å². The van der Waals surface area contributed by atoms with Crippen LogP contribution in [0.2, 0.25) is 0 Å². The number of nitrogens with one attached hydrogen (secondary N) is 2. The Morgan fingerprint density at radius 3 is 2.24 bits per heavy atom. The lowest BCUT2D eigenvalue weighted by molar-refractivity contribution is -0.145. The molecule has 0 aliphatic heterocycles. The number of rotatable bonds is 8. The van der Waals surface area contributed by atoms with Crippen LogP contribution >= 0.6 is 0 Å². The van der Waals surface area contributed by atoms with E-state index >= 15 is 0 Å². The Balaban J connectivity index is 2.48. The Kier molecular flexibility index (Phi) is 8.46. The maximum Gasteiger partial charge on any atom is 0.408 e. The fraction of sp³-hybridized carbons (Fsp3) is 0.500. The predicted molar refractivity (Wildman–Crippen MR) is 92.6 cm³/mol. The molecule has 0 unspecified atom stereocenters. The van der Waals surface area contributed by atoms with E-state index in [0.29, 0.717) is 6.42 Å². The number of hydrogen-bond acceptors (Lipinski definition) is 5. The molecule has 1 aromatic rings. The number of methoxy groups -OCH3 is 1. The first-order chi connectivity index (χ1) is 11.8. The largest absolute Gasteiger partial charge is 0.467 e. The number of alkyl carbamates (subject to hydrolysis) is 1. The van der Waals surface area contributed by atoms with Crippen molar-refractivity contribution in [3.63, 3.8) is 0 Å². The molecule has 0 radical (unpaired) electrons. The SMILES string of the molecule is COC(=O)[C@@H](CC(C)C)NC(=O)[C@H](C)NC(=O)OCc1ccccc1. The van der Waals surface area contributed by atoms with Gasteiger partial charge in [-0.25, -0.2) is 9.59 Å². The summed E-state index contributed by atoms with van der Waals surface area (Å²) < 4.78 is 9.76. The van der Waals surface area contributed by atoms with E-state index in [2.05, 4.69) is 10.6 Å². The lowest BCUT2D eigenvalue weighted by Gasteiger charge is -2.21. The van der Waals surface area contributed by atoms with Crippen LogP contribution in [0.1, 0.15) is 32.8 Å². The molecule has 2 atom stereocenters. The van der Waals surface area contributed by atoms with E-state index in [1.165, 1.54) is 14.0 Å². The number of benzene rings is 1. The Morgan fingerprint density at radius 2 is 1.68 bits per heavy atom. The molecule has 0 fully saturated rings. The van der Waals surface area contributed by atoms with Crippen molar-refractivity contribution in [2.45, 2.75) is 45.9 Å². The fourth-order valence-corrected chi connectivity index (χ4v) is 2.13. The zero-order valence-corrected chi connectivity index (χ0v) is 15.1. The summed E-state index contributed by atoms with van der Waals surface area (Å²) in [5.74, 6) is -0.794. The molecule has 0 saturated carbocycles. The van der Waals surface area contributed by atoms with Crippen molar-refractivity contribution < 1.29 is 23.9 Å². The third-order valence-corrected chi connectivity index (χ3v) is 3.45. The van der Waals surface area contributed by atoms with Gasteiger partial charge in [0.05, 0.1) is 7.11 Å². The highest BCUT2D eigenvalue weighted by atomic mass is 16.5. The van der Waals surface area contributed by atoms with Gasteiger partial charge in [0.2, 0.25) is 5.91 Å². The molecular formula is C18H26N2O5. The molecule has 0 aliphatic carbocycles. The molecule has 2 amide bonds. The Bertz CT molecular complexity index is 574. The summed E-state index contributed by atoms with van der Waals surface area (Å²) in [5.41, 5.74) is 0.845. The van der Waals surface area contributed by atoms with Crippen LogP contribution in [0.4, 0.5) is 4.79 Å². The lowest BCUT2D eigenvalue weighted by Crippen LogP contribution is -2.51. The monoisotopic (exact) mass is 350 g/mol. The van der Waals surface area contributed by atoms with Crippen molar-refractivity contribution in [1.82, 2.24) is 10.6 Å². The van der Waals surface area contributed by atoms with Crippen molar-refractivity contribution in [1.29, 1.82) is 0 Å². The van der Waals surface area contributed by atoms with Crippen molar-refractivity contribution in [3.8, 4) is 0 Å².